The highest BCUT2D eigenvalue weighted by Crippen LogP contribution is 2.16. The van der Waals surface area contributed by atoms with Gasteiger partial charge in [0.15, 0.2) is 5.65 Å². The number of benzene rings is 1. The molecule has 3 aromatic rings. The van der Waals surface area contributed by atoms with Gasteiger partial charge in [0.1, 0.15) is 18.3 Å². The second kappa shape index (κ2) is 8.88. The maximum absolute atomic E-state index is 12.8. The molecule has 1 N–H and O–H groups in total. The number of para-hydroxylation sites is 1. The van der Waals surface area contributed by atoms with E-state index in [2.05, 4.69) is 20.3 Å². The minimum absolute atomic E-state index is 0.210. The lowest BCUT2D eigenvalue weighted by Crippen LogP contribution is -2.37. The quantitative estimate of drug-likeness (QED) is 0.580. The molecule has 31 heavy (non-hydrogen) atoms. The highest BCUT2D eigenvalue weighted by molar-refractivity contribution is 6.01. The zero-order valence-electron chi connectivity index (χ0n) is 16.8. The minimum atomic E-state index is -0.575. The summed E-state index contributed by atoms with van der Waals surface area (Å²) in [5, 5.41) is 2.84. The fourth-order valence-electron chi connectivity index (χ4n) is 3.20. The van der Waals surface area contributed by atoms with Gasteiger partial charge in [-0.15, -0.1) is 0 Å². The molecule has 0 unspecified atom stereocenters. The number of aromatic nitrogens is 4. The van der Waals surface area contributed by atoms with E-state index in [1.54, 1.807) is 18.2 Å². The van der Waals surface area contributed by atoms with Crippen LogP contribution in [0.15, 0.2) is 41.6 Å². The molecule has 1 aromatic carbocycles. The van der Waals surface area contributed by atoms with Crippen LogP contribution in [0.1, 0.15) is 10.4 Å². The lowest BCUT2D eigenvalue weighted by atomic mass is 10.2. The first-order chi connectivity index (χ1) is 15.1. The Kier molecular flexibility index (Phi) is 5.85. The molecular weight excluding hydrogens is 404 g/mol. The summed E-state index contributed by atoms with van der Waals surface area (Å²) in [6.45, 7) is 2.21. The molecule has 1 amide bonds. The Balaban J connectivity index is 1.54. The zero-order chi connectivity index (χ0) is 21.8. The van der Waals surface area contributed by atoms with Gasteiger partial charge in [0.25, 0.3) is 5.56 Å². The number of ether oxygens (including phenoxy) is 2. The van der Waals surface area contributed by atoms with Crippen LogP contribution < -0.4 is 15.8 Å². The van der Waals surface area contributed by atoms with Crippen molar-refractivity contribution < 1.29 is 19.1 Å². The summed E-state index contributed by atoms with van der Waals surface area (Å²) in [4.78, 5) is 51.9. The molecule has 1 fully saturated rings. The van der Waals surface area contributed by atoms with Crippen LogP contribution >= 0.6 is 0 Å². The Hall–Kier alpha value is -3.86. The smallest absolute Gasteiger partial charge is 0.339 e. The van der Waals surface area contributed by atoms with Crippen LogP contribution in [0.3, 0.4) is 0 Å². The summed E-state index contributed by atoms with van der Waals surface area (Å²) in [6, 6.07) is 6.45. The van der Waals surface area contributed by atoms with E-state index in [0.29, 0.717) is 37.9 Å². The number of amides is 1. The van der Waals surface area contributed by atoms with Gasteiger partial charge in [-0.05, 0) is 12.1 Å². The number of carbonyl (C=O) groups excluding carboxylic acids is 2. The van der Waals surface area contributed by atoms with E-state index in [1.807, 2.05) is 4.90 Å². The molecule has 0 saturated carbocycles. The minimum Gasteiger partial charge on any atom is -0.465 e. The Bertz CT molecular complexity index is 1190. The topological polar surface area (TPSA) is 129 Å². The van der Waals surface area contributed by atoms with E-state index in [-0.39, 0.29) is 23.1 Å². The monoisotopic (exact) mass is 424 g/mol. The second-order valence-corrected chi connectivity index (χ2v) is 6.77. The molecule has 4 rings (SSSR count). The van der Waals surface area contributed by atoms with Gasteiger partial charge in [-0.3, -0.25) is 14.2 Å². The van der Waals surface area contributed by atoms with Crippen molar-refractivity contribution in [3.63, 3.8) is 0 Å². The predicted molar refractivity (Wildman–Crippen MR) is 111 cm³/mol. The Morgan fingerprint density at radius 2 is 1.97 bits per heavy atom. The van der Waals surface area contributed by atoms with Crippen molar-refractivity contribution in [1.29, 1.82) is 0 Å². The third kappa shape index (κ3) is 4.36. The lowest BCUT2D eigenvalue weighted by molar-refractivity contribution is -0.116. The molecule has 1 aliphatic rings. The number of methoxy groups -OCH3 is 1. The zero-order valence-corrected chi connectivity index (χ0v) is 16.8. The summed E-state index contributed by atoms with van der Waals surface area (Å²) in [7, 11) is 1.26. The van der Waals surface area contributed by atoms with Crippen LogP contribution in [0.2, 0.25) is 0 Å². The van der Waals surface area contributed by atoms with Crippen LogP contribution in [0.5, 0.6) is 0 Å². The molecule has 1 saturated heterocycles. The number of morpholine rings is 1. The van der Waals surface area contributed by atoms with Crippen molar-refractivity contribution in [3.8, 4) is 0 Å². The molecule has 0 spiro atoms. The number of rotatable bonds is 5. The normalized spacial score (nSPS) is 13.8. The molecule has 0 bridgehead atoms. The summed E-state index contributed by atoms with van der Waals surface area (Å²) in [5.41, 5.74) is 0.329. The summed E-state index contributed by atoms with van der Waals surface area (Å²) < 4.78 is 11.2. The van der Waals surface area contributed by atoms with Gasteiger partial charge in [-0.25, -0.2) is 14.8 Å². The second-order valence-electron chi connectivity index (χ2n) is 6.77. The van der Waals surface area contributed by atoms with Crippen molar-refractivity contribution in [2.45, 2.75) is 6.54 Å². The molecule has 11 nitrogen and oxygen atoms in total. The molecular formula is C20H20N6O5. The van der Waals surface area contributed by atoms with E-state index in [4.69, 9.17) is 9.47 Å². The van der Waals surface area contributed by atoms with Gasteiger partial charge in [0, 0.05) is 19.3 Å². The number of hydrogen-bond donors (Lipinski definition) is 1. The highest BCUT2D eigenvalue weighted by atomic mass is 16.5. The predicted octanol–water partition coefficient (Wildman–Crippen LogP) is 0.448. The van der Waals surface area contributed by atoms with Crippen LogP contribution in [-0.4, -0.2) is 64.8 Å². The highest BCUT2D eigenvalue weighted by Gasteiger charge is 2.17. The fourth-order valence-corrected chi connectivity index (χ4v) is 3.20. The summed E-state index contributed by atoms with van der Waals surface area (Å²) >= 11 is 0. The van der Waals surface area contributed by atoms with Crippen molar-refractivity contribution in [3.05, 3.63) is 52.7 Å². The number of anilines is 2. The molecule has 11 heteroatoms. The third-order valence-corrected chi connectivity index (χ3v) is 4.78. The number of hydrogen-bond acceptors (Lipinski definition) is 9. The molecule has 1 aliphatic heterocycles. The van der Waals surface area contributed by atoms with E-state index in [0.717, 1.165) is 4.57 Å². The Morgan fingerprint density at radius 3 is 2.74 bits per heavy atom. The van der Waals surface area contributed by atoms with Crippen molar-refractivity contribution in [2.24, 2.45) is 0 Å². The maximum Gasteiger partial charge on any atom is 0.339 e. The third-order valence-electron chi connectivity index (χ3n) is 4.78. The summed E-state index contributed by atoms with van der Waals surface area (Å²) in [5.74, 6) is -0.586. The summed E-state index contributed by atoms with van der Waals surface area (Å²) in [6.07, 6.45) is 2.69. The maximum atomic E-state index is 12.8. The largest absolute Gasteiger partial charge is 0.465 e. The van der Waals surface area contributed by atoms with Gasteiger partial charge in [0.2, 0.25) is 11.9 Å². The van der Waals surface area contributed by atoms with Crippen molar-refractivity contribution >= 4 is 34.5 Å². The number of esters is 1. The average molecular weight is 424 g/mol. The molecule has 2 aromatic heterocycles. The van der Waals surface area contributed by atoms with Crippen LogP contribution in [-0.2, 0) is 20.8 Å². The van der Waals surface area contributed by atoms with Crippen LogP contribution in [0.25, 0.3) is 11.0 Å². The van der Waals surface area contributed by atoms with Crippen molar-refractivity contribution in [1.82, 2.24) is 19.5 Å². The van der Waals surface area contributed by atoms with Crippen LogP contribution in [0.4, 0.5) is 11.6 Å². The SMILES string of the molecule is COC(=O)c1ccccc1NC(=O)Cn1cnc2nc(N3CCOCC3)ncc2c1=O. The first kappa shape index (κ1) is 20.4. The van der Waals surface area contributed by atoms with E-state index < -0.39 is 17.4 Å². The molecule has 0 atom stereocenters. The van der Waals surface area contributed by atoms with Gasteiger partial charge in [0.05, 0.1) is 31.6 Å². The average Bonchev–Trinajstić information content (AvgIpc) is 2.81. The molecule has 3 heterocycles. The van der Waals surface area contributed by atoms with Crippen LogP contribution in [0, 0.1) is 0 Å². The van der Waals surface area contributed by atoms with Gasteiger partial charge in [-0.1, -0.05) is 12.1 Å². The van der Waals surface area contributed by atoms with E-state index in [9.17, 15) is 14.4 Å². The molecule has 0 radical (unpaired) electrons. The number of nitrogens with zero attached hydrogens (tertiary/aromatic N) is 5. The first-order valence-corrected chi connectivity index (χ1v) is 9.59. The van der Waals surface area contributed by atoms with Gasteiger partial charge in [-0.2, -0.15) is 4.98 Å². The number of fused-ring (bicyclic) bond motifs is 1. The number of carbonyl (C=O) groups is 2. The Labute approximate surface area is 176 Å². The van der Waals surface area contributed by atoms with Gasteiger partial charge >= 0.3 is 5.97 Å². The van der Waals surface area contributed by atoms with E-state index >= 15 is 0 Å². The molecule has 160 valence electrons. The fraction of sp³-hybridized carbons (Fsp3) is 0.300. The standard InChI is InChI=1S/C20H20N6O5/c1-30-19(29)13-4-2-3-5-15(13)23-16(27)11-26-12-22-17-14(18(26)28)10-21-20(24-17)25-6-8-31-9-7-25/h2-5,10,12H,6-9,11H2,1H3,(H,23,27). The molecule has 0 aliphatic carbocycles. The lowest BCUT2D eigenvalue weighted by Gasteiger charge is -2.26. The Morgan fingerprint density at radius 1 is 1.19 bits per heavy atom. The number of nitrogens with one attached hydrogen (secondary N) is 1. The van der Waals surface area contributed by atoms with E-state index in [1.165, 1.54) is 25.7 Å². The van der Waals surface area contributed by atoms with Gasteiger partial charge < -0.3 is 19.7 Å². The van der Waals surface area contributed by atoms with Crippen molar-refractivity contribution in [2.75, 3.05) is 43.6 Å². The first-order valence-electron chi connectivity index (χ1n) is 9.59.